The first-order valence-corrected chi connectivity index (χ1v) is 10.1. The molecule has 3 aromatic rings. The average molecular weight is 381 g/mol. The van der Waals surface area contributed by atoms with Crippen molar-refractivity contribution in [3.63, 3.8) is 0 Å². The third-order valence-corrected chi connectivity index (χ3v) is 6.19. The minimum Gasteiger partial charge on any atom is -0.346 e. The Bertz CT molecular complexity index is 908. The molecule has 2 heterocycles. The second-order valence-corrected chi connectivity index (χ2v) is 7.87. The van der Waals surface area contributed by atoms with Crippen molar-refractivity contribution >= 4 is 17.2 Å². The van der Waals surface area contributed by atoms with Gasteiger partial charge in [-0.3, -0.25) is 4.79 Å². The second kappa shape index (κ2) is 8.03. The first kappa shape index (κ1) is 17.9. The molecule has 1 aromatic heterocycles. The summed E-state index contributed by atoms with van der Waals surface area (Å²) >= 11 is 1.73. The van der Waals surface area contributed by atoms with Gasteiger partial charge in [-0.15, -0.1) is 11.3 Å². The summed E-state index contributed by atoms with van der Waals surface area (Å²) in [7, 11) is 0. The molecule has 5 heteroatoms. The first-order valence-electron chi connectivity index (χ1n) is 9.19. The van der Waals surface area contributed by atoms with Gasteiger partial charge in [0.2, 0.25) is 0 Å². The summed E-state index contributed by atoms with van der Waals surface area (Å²) in [5, 5.41) is 5.14. The van der Waals surface area contributed by atoms with Crippen LogP contribution in [0.15, 0.2) is 66.0 Å². The van der Waals surface area contributed by atoms with E-state index in [0.29, 0.717) is 12.1 Å². The molecule has 2 atom stereocenters. The molecule has 27 heavy (non-hydrogen) atoms. The minimum absolute atomic E-state index is 0.159. The lowest BCUT2D eigenvalue weighted by Crippen LogP contribution is -3.12. The molecule has 0 radical (unpaired) electrons. The van der Waals surface area contributed by atoms with Crippen molar-refractivity contribution in [2.75, 3.05) is 13.1 Å². The molecule has 0 aliphatic carbocycles. The molecule has 4 rings (SSSR count). The number of carbonyl (C=O) groups excluding carboxylic acids is 1. The van der Waals surface area contributed by atoms with E-state index < -0.39 is 0 Å². The zero-order valence-electron chi connectivity index (χ0n) is 15.0. The van der Waals surface area contributed by atoms with E-state index in [1.54, 1.807) is 11.3 Å². The highest BCUT2D eigenvalue weighted by Gasteiger charge is 2.29. The Morgan fingerprint density at radius 1 is 1.07 bits per heavy atom. The van der Waals surface area contributed by atoms with Crippen LogP contribution >= 0.6 is 11.3 Å². The van der Waals surface area contributed by atoms with E-state index in [-0.39, 0.29) is 17.8 Å². The Kier molecular flexibility index (Phi) is 5.32. The van der Waals surface area contributed by atoms with Crippen molar-refractivity contribution in [1.29, 1.82) is 0 Å². The first-order chi connectivity index (χ1) is 13.2. The molecule has 0 bridgehead atoms. The lowest BCUT2D eigenvalue weighted by atomic mass is 9.98. The van der Waals surface area contributed by atoms with Crippen LogP contribution in [0.2, 0.25) is 0 Å². The van der Waals surface area contributed by atoms with Gasteiger partial charge in [0.1, 0.15) is 18.4 Å². The summed E-state index contributed by atoms with van der Waals surface area (Å²) in [6.45, 7) is 2.57. The van der Waals surface area contributed by atoms with Crippen LogP contribution in [0.25, 0.3) is 0 Å². The molecule has 0 spiro atoms. The van der Waals surface area contributed by atoms with Crippen LogP contribution in [-0.4, -0.2) is 19.0 Å². The summed E-state index contributed by atoms with van der Waals surface area (Å²) in [6, 6.07) is 18.7. The molecular weight excluding hydrogens is 359 g/mol. The van der Waals surface area contributed by atoms with Crippen LogP contribution in [0.4, 0.5) is 4.39 Å². The van der Waals surface area contributed by atoms with Crippen molar-refractivity contribution in [2.24, 2.45) is 0 Å². The SMILES string of the molecule is O=C(NC[C@H](c1cccs1)[NH+]1CCc2ccccc2C1)c1ccc(F)cc1. The molecule has 1 amide bonds. The van der Waals surface area contributed by atoms with Gasteiger partial charge >= 0.3 is 0 Å². The Morgan fingerprint density at radius 3 is 2.59 bits per heavy atom. The third-order valence-electron chi connectivity index (χ3n) is 5.20. The monoisotopic (exact) mass is 381 g/mol. The minimum atomic E-state index is -0.334. The Morgan fingerprint density at radius 2 is 1.85 bits per heavy atom. The standard InChI is InChI=1S/C22H21FN2OS/c23-19-9-7-17(8-10-19)22(26)24-14-20(21-6-3-13-27-21)25-12-11-16-4-1-2-5-18(16)15-25/h1-10,13,20H,11-12,14-15H2,(H,24,26)/p+1/t20-/m1/s1. The highest BCUT2D eigenvalue weighted by atomic mass is 32.1. The zero-order valence-corrected chi connectivity index (χ0v) is 15.8. The number of carbonyl (C=O) groups is 1. The molecule has 0 saturated heterocycles. The Labute approximate surface area is 162 Å². The molecule has 1 unspecified atom stereocenters. The molecule has 3 nitrogen and oxygen atoms in total. The molecule has 0 fully saturated rings. The second-order valence-electron chi connectivity index (χ2n) is 6.89. The van der Waals surface area contributed by atoms with Crippen molar-refractivity contribution in [3.05, 3.63) is 93.4 Å². The van der Waals surface area contributed by atoms with Gasteiger partial charge in [-0.1, -0.05) is 30.3 Å². The van der Waals surface area contributed by atoms with Crippen LogP contribution < -0.4 is 10.2 Å². The number of nitrogens with one attached hydrogen (secondary N) is 2. The predicted molar refractivity (Wildman–Crippen MR) is 105 cm³/mol. The van der Waals surface area contributed by atoms with Crippen molar-refractivity contribution in [2.45, 2.75) is 19.0 Å². The smallest absolute Gasteiger partial charge is 0.251 e. The molecule has 138 valence electrons. The van der Waals surface area contributed by atoms with E-state index in [9.17, 15) is 9.18 Å². The van der Waals surface area contributed by atoms with Gasteiger partial charge in [-0.25, -0.2) is 4.39 Å². The highest BCUT2D eigenvalue weighted by molar-refractivity contribution is 7.10. The van der Waals surface area contributed by atoms with Crippen molar-refractivity contribution < 1.29 is 14.1 Å². The number of hydrogen-bond donors (Lipinski definition) is 2. The van der Waals surface area contributed by atoms with Crippen LogP contribution in [0.1, 0.15) is 32.4 Å². The topological polar surface area (TPSA) is 33.5 Å². The van der Waals surface area contributed by atoms with Gasteiger partial charge in [0.05, 0.1) is 18.0 Å². The Hall–Kier alpha value is -2.50. The lowest BCUT2D eigenvalue weighted by molar-refractivity contribution is -0.945. The quantitative estimate of drug-likeness (QED) is 0.700. The number of quaternary nitrogens is 1. The largest absolute Gasteiger partial charge is 0.346 e. The van der Waals surface area contributed by atoms with Gasteiger partial charge in [-0.05, 0) is 41.3 Å². The fraction of sp³-hybridized carbons (Fsp3) is 0.227. The highest BCUT2D eigenvalue weighted by Crippen LogP contribution is 2.19. The van der Waals surface area contributed by atoms with E-state index in [1.807, 2.05) is 0 Å². The summed E-state index contributed by atoms with van der Waals surface area (Å²) < 4.78 is 13.1. The molecular formula is C22H22FN2OS+. The predicted octanol–water partition coefficient (Wildman–Crippen LogP) is 3.00. The fourth-order valence-electron chi connectivity index (χ4n) is 3.73. The van der Waals surface area contributed by atoms with E-state index >= 15 is 0 Å². The number of rotatable bonds is 5. The van der Waals surface area contributed by atoms with Crippen LogP contribution in [-0.2, 0) is 13.0 Å². The third kappa shape index (κ3) is 4.10. The van der Waals surface area contributed by atoms with E-state index in [2.05, 4.69) is 47.1 Å². The normalized spacial score (nSPS) is 17.1. The van der Waals surface area contributed by atoms with Gasteiger partial charge in [-0.2, -0.15) is 0 Å². The Balaban J connectivity index is 1.49. The van der Waals surface area contributed by atoms with Gasteiger partial charge in [0.15, 0.2) is 0 Å². The van der Waals surface area contributed by atoms with Crippen molar-refractivity contribution in [1.82, 2.24) is 5.32 Å². The average Bonchev–Trinajstić information content (AvgIpc) is 3.23. The van der Waals surface area contributed by atoms with Crippen LogP contribution in [0.5, 0.6) is 0 Å². The molecule has 1 aliphatic rings. The number of hydrogen-bond acceptors (Lipinski definition) is 2. The number of fused-ring (bicyclic) bond motifs is 1. The van der Waals surface area contributed by atoms with E-state index in [4.69, 9.17) is 0 Å². The molecule has 2 aromatic carbocycles. The number of benzene rings is 2. The van der Waals surface area contributed by atoms with Crippen LogP contribution in [0.3, 0.4) is 0 Å². The fourth-order valence-corrected chi connectivity index (χ4v) is 4.62. The summed E-state index contributed by atoms with van der Waals surface area (Å²) in [4.78, 5) is 15.2. The number of amides is 1. The van der Waals surface area contributed by atoms with E-state index in [0.717, 1.165) is 19.5 Å². The van der Waals surface area contributed by atoms with Gasteiger partial charge < -0.3 is 10.2 Å². The van der Waals surface area contributed by atoms with Gasteiger partial charge in [0, 0.05) is 17.5 Å². The van der Waals surface area contributed by atoms with Crippen molar-refractivity contribution in [3.8, 4) is 0 Å². The molecule has 0 saturated carbocycles. The zero-order chi connectivity index (χ0) is 18.6. The summed E-state index contributed by atoms with van der Waals surface area (Å²) in [5.41, 5.74) is 3.31. The molecule has 1 aliphatic heterocycles. The number of thiophene rings is 1. The summed E-state index contributed by atoms with van der Waals surface area (Å²) in [6.07, 6.45) is 1.05. The number of halogens is 1. The maximum atomic E-state index is 13.1. The lowest BCUT2D eigenvalue weighted by Gasteiger charge is -2.32. The van der Waals surface area contributed by atoms with E-state index in [1.165, 1.54) is 45.2 Å². The maximum Gasteiger partial charge on any atom is 0.251 e. The maximum absolute atomic E-state index is 13.1. The van der Waals surface area contributed by atoms with Crippen LogP contribution in [0, 0.1) is 5.82 Å². The van der Waals surface area contributed by atoms with Gasteiger partial charge in [0.25, 0.3) is 5.91 Å². The molecule has 2 N–H and O–H groups in total. The summed E-state index contributed by atoms with van der Waals surface area (Å²) in [5.74, 6) is -0.493.